The van der Waals surface area contributed by atoms with Gasteiger partial charge in [0.15, 0.2) is 17.8 Å². The highest BCUT2D eigenvalue weighted by Gasteiger charge is 2.43. The maximum Gasteiger partial charge on any atom is 0.573 e. The van der Waals surface area contributed by atoms with Crippen molar-refractivity contribution in [3.63, 3.8) is 0 Å². The van der Waals surface area contributed by atoms with Gasteiger partial charge in [-0.25, -0.2) is 13.2 Å². The Hall–Kier alpha value is -2.91. The second-order valence-electron chi connectivity index (χ2n) is 6.58. The summed E-state index contributed by atoms with van der Waals surface area (Å²) in [4.78, 5) is 13.4. The van der Waals surface area contributed by atoms with Gasteiger partial charge in [-0.3, -0.25) is 4.79 Å². The van der Waals surface area contributed by atoms with E-state index in [1.807, 2.05) is 0 Å². The van der Waals surface area contributed by atoms with Gasteiger partial charge in [0.1, 0.15) is 11.5 Å². The van der Waals surface area contributed by atoms with E-state index in [-0.39, 0.29) is 24.5 Å². The summed E-state index contributed by atoms with van der Waals surface area (Å²) >= 11 is 0. The van der Waals surface area contributed by atoms with Crippen molar-refractivity contribution in [2.75, 3.05) is 6.61 Å². The molecule has 0 spiro atoms. The van der Waals surface area contributed by atoms with Crippen LogP contribution in [0.4, 0.5) is 26.3 Å². The number of carbonyl (C=O) groups is 1. The molecule has 0 aliphatic carbocycles. The zero-order valence-electron chi connectivity index (χ0n) is 15.7. The third-order valence-corrected chi connectivity index (χ3v) is 4.59. The summed E-state index contributed by atoms with van der Waals surface area (Å²) in [5.74, 6) is -3.82. The van der Waals surface area contributed by atoms with Crippen LogP contribution in [0.1, 0.15) is 30.5 Å². The third kappa shape index (κ3) is 4.63. The van der Waals surface area contributed by atoms with Crippen LogP contribution in [-0.2, 0) is 11.3 Å². The lowest BCUT2D eigenvalue weighted by atomic mass is 10.0. The average Bonchev–Trinajstić information content (AvgIpc) is 2.93. The SMILES string of the molecule is CCOc1ccc(F)c(F)c1C1CC(F)C(=O)N1Cc1ccc(OC(F)(F)F)cc1. The number of likely N-dealkylation sites (tertiary alicyclic amines) is 1. The minimum absolute atomic E-state index is 0.0118. The summed E-state index contributed by atoms with van der Waals surface area (Å²) in [6, 6.07) is 5.55. The first-order valence-corrected chi connectivity index (χ1v) is 9.00. The third-order valence-electron chi connectivity index (χ3n) is 4.59. The van der Waals surface area contributed by atoms with Crippen LogP contribution in [0.3, 0.4) is 0 Å². The Morgan fingerprint density at radius 1 is 1.10 bits per heavy atom. The van der Waals surface area contributed by atoms with E-state index in [0.717, 1.165) is 23.1 Å². The van der Waals surface area contributed by atoms with Crippen LogP contribution >= 0.6 is 0 Å². The van der Waals surface area contributed by atoms with Crippen LogP contribution in [0.15, 0.2) is 36.4 Å². The molecule has 1 saturated heterocycles. The second kappa shape index (κ2) is 8.45. The van der Waals surface area contributed by atoms with Gasteiger partial charge < -0.3 is 14.4 Å². The van der Waals surface area contributed by atoms with Gasteiger partial charge in [0.05, 0.1) is 18.2 Å². The summed E-state index contributed by atoms with van der Waals surface area (Å²) in [5.41, 5.74) is 0.0779. The molecular weight excluding hydrogens is 416 g/mol. The fraction of sp³-hybridized carbons (Fsp3) is 0.350. The number of halogens is 6. The van der Waals surface area contributed by atoms with Crippen LogP contribution in [0.2, 0.25) is 0 Å². The van der Waals surface area contributed by atoms with Crippen molar-refractivity contribution in [3.8, 4) is 11.5 Å². The molecule has 1 aliphatic rings. The largest absolute Gasteiger partial charge is 0.573 e. The maximum atomic E-state index is 14.6. The molecule has 2 aromatic carbocycles. The van der Waals surface area contributed by atoms with Crippen molar-refractivity contribution in [3.05, 3.63) is 59.2 Å². The molecule has 2 aromatic rings. The number of amides is 1. The molecular formula is C20H17F6NO3. The fourth-order valence-electron chi connectivity index (χ4n) is 3.35. The van der Waals surface area contributed by atoms with Gasteiger partial charge in [-0.1, -0.05) is 12.1 Å². The first-order chi connectivity index (χ1) is 14.1. The smallest absolute Gasteiger partial charge is 0.493 e. The quantitative estimate of drug-likeness (QED) is 0.597. The number of hydrogen-bond acceptors (Lipinski definition) is 3. The highest BCUT2D eigenvalue weighted by molar-refractivity contribution is 5.84. The summed E-state index contributed by atoms with van der Waals surface area (Å²) in [6.45, 7) is 1.54. The lowest BCUT2D eigenvalue weighted by Crippen LogP contribution is -2.30. The molecule has 2 atom stereocenters. The van der Waals surface area contributed by atoms with E-state index in [9.17, 15) is 31.1 Å². The highest BCUT2D eigenvalue weighted by atomic mass is 19.4. The summed E-state index contributed by atoms with van der Waals surface area (Å²) < 4.78 is 88.6. The van der Waals surface area contributed by atoms with Gasteiger partial charge in [-0.2, -0.15) is 0 Å². The monoisotopic (exact) mass is 433 g/mol. The van der Waals surface area contributed by atoms with E-state index in [1.54, 1.807) is 6.92 Å². The van der Waals surface area contributed by atoms with Gasteiger partial charge in [0, 0.05) is 13.0 Å². The topological polar surface area (TPSA) is 38.8 Å². The Morgan fingerprint density at radius 2 is 1.77 bits per heavy atom. The molecule has 3 rings (SSSR count). The van der Waals surface area contributed by atoms with E-state index >= 15 is 0 Å². The molecule has 2 unspecified atom stereocenters. The molecule has 162 valence electrons. The highest BCUT2D eigenvalue weighted by Crippen LogP contribution is 2.42. The molecule has 1 aliphatic heterocycles. The molecule has 0 bridgehead atoms. The van der Waals surface area contributed by atoms with Gasteiger partial charge in [0.25, 0.3) is 5.91 Å². The zero-order valence-corrected chi connectivity index (χ0v) is 15.7. The lowest BCUT2D eigenvalue weighted by Gasteiger charge is -2.27. The maximum absolute atomic E-state index is 14.6. The molecule has 0 aromatic heterocycles. The molecule has 0 N–H and O–H groups in total. The van der Waals surface area contributed by atoms with Crippen LogP contribution in [0.25, 0.3) is 0 Å². The number of hydrogen-bond donors (Lipinski definition) is 0. The van der Waals surface area contributed by atoms with Crippen molar-refractivity contribution in [1.29, 1.82) is 0 Å². The zero-order chi connectivity index (χ0) is 22.1. The first-order valence-electron chi connectivity index (χ1n) is 9.00. The lowest BCUT2D eigenvalue weighted by molar-refractivity contribution is -0.274. The molecule has 4 nitrogen and oxygen atoms in total. The Balaban J connectivity index is 1.90. The Morgan fingerprint density at radius 3 is 2.37 bits per heavy atom. The number of ether oxygens (including phenoxy) is 2. The Labute approximate surface area is 168 Å². The molecule has 1 heterocycles. The van der Waals surface area contributed by atoms with E-state index in [4.69, 9.17) is 4.74 Å². The van der Waals surface area contributed by atoms with Crippen LogP contribution < -0.4 is 9.47 Å². The van der Waals surface area contributed by atoms with E-state index < -0.39 is 48.3 Å². The van der Waals surface area contributed by atoms with Gasteiger partial charge in [-0.15, -0.1) is 13.2 Å². The van der Waals surface area contributed by atoms with Gasteiger partial charge >= 0.3 is 6.36 Å². The van der Waals surface area contributed by atoms with Crippen molar-refractivity contribution in [2.45, 2.75) is 38.5 Å². The van der Waals surface area contributed by atoms with Crippen LogP contribution in [0.5, 0.6) is 11.5 Å². The minimum atomic E-state index is -4.86. The van der Waals surface area contributed by atoms with Crippen molar-refractivity contribution in [1.82, 2.24) is 4.90 Å². The van der Waals surface area contributed by atoms with Crippen molar-refractivity contribution >= 4 is 5.91 Å². The number of benzene rings is 2. The predicted molar refractivity (Wildman–Crippen MR) is 93.5 cm³/mol. The molecule has 1 amide bonds. The summed E-state index contributed by atoms with van der Waals surface area (Å²) in [6.07, 6.45) is -7.20. The molecule has 0 radical (unpaired) electrons. The molecule has 0 saturated carbocycles. The first kappa shape index (κ1) is 21.8. The van der Waals surface area contributed by atoms with Crippen LogP contribution in [-0.4, -0.2) is 29.9 Å². The summed E-state index contributed by atoms with van der Waals surface area (Å²) in [5, 5.41) is 0. The van der Waals surface area contributed by atoms with Gasteiger partial charge in [0.2, 0.25) is 0 Å². The molecule has 1 fully saturated rings. The fourth-order valence-corrected chi connectivity index (χ4v) is 3.35. The van der Waals surface area contributed by atoms with E-state index in [0.29, 0.717) is 5.56 Å². The van der Waals surface area contributed by atoms with Crippen molar-refractivity contribution < 1.29 is 40.6 Å². The number of nitrogens with zero attached hydrogens (tertiary/aromatic N) is 1. The standard InChI is InChI=1S/C20H17F6NO3/c1-2-29-16-8-7-13(21)18(23)17(16)15-9-14(22)19(28)27(15)10-11-3-5-12(6-4-11)30-20(24,25)26/h3-8,14-15H,2,9-10H2,1H3. The van der Waals surface area contributed by atoms with E-state index in [2.05, 4.69) is 4.74 Å². The van der Waals surface area contributed by atoms with Crippen molar-refractivity contribution in [2.24, 2.45) is 0 Å². The Bertz CT molecular complexity index is 916. The normalized spacial score (nSPS) is 19.3. The molecule has 30 heavy (non-hydrogen) atoms. The van der Waals surface area contributed by atoms with E-state index in [1.165, 1.54) is 18.2 Å². The summed E-state index contributed by atoms with van der Waals surface area (Å²) in [7, 11) is 0. The molecule has 10 heteroatoms. The second-order valence-corrected chi connectivity index (χ2v) is 6.58. The number of rotatable bonds is 6. The average molecular weight is 433 g/mol. The number of alkyl halides is 4. The Kier molecular flexibility index (Phi) is 6.14. The predicted octanol–water partition coefficient (Wildman–Crippen LogP) is 5.07. The van der Waals surface area contributed by atoms with Gasteiger partial charge in [-0.05, 0) is 36.8 Å². The van der Waals surface area contributed by atoms with Crippen LogP contribution in [0, 0.1) is 11.6 Å². The number of carbonyl (C=O) groups excluding carboxylic acids is 1. The minimum Gasteiger partial charge on any atom is -0.493 e.